The van der Waals surface area contributed by atoms with E-state index < -0.39 is 0 Å². The summed E-state index contributed by atoms with van der Waals surface area (Å²) in [6.07, 6.45) is 2.52. The van der Waals surface area contributed by atoms with E-state index in [9.17, 15) is 4.79 Å². The van der Waals surface area contributed by atoms with Crippen LogP contribution in [0.1, 0.15) is 24.0 Å². The molecule has 0 unspecified atom stereocenters. The van der Waals surface area contributed by atoms with E-state index in [4.69, 9.17) is 0 Å². The summed E-state index contributed by atoms with van der Waals surface area (Å²) < 4.78 is 0. The number of carbonyl (C=O) groups excluding carboxylic acids is 1. The van der Waals surface area contributed by atoms with Crippen LogP contribution in [0.4, 0.5) is 4.79 Å². The van der Waals surface area contributed by atoms with Crippen molar-refractivity contribution in [2.24, 2.45) is 5.92 Å². The van der Waals surface area contributed by atoms with Crippen LogP contribution in [0, 0.1) is 12.8 Å². The summed E-state index contributed by atoms with van der Waals surface area (Å²) >= 11 is 0. The molecule has 0 saturated heterocycles. The van der Waals surface area contributed by atoms with Crippen LogP contribution in [0.5, 0.6) is 0 Å². The van der Waals surface area contributed by atoms with Gasteiger partial charge in [0.15, 0.2) is 0 Å². The lowest BCUT2D eigenvalue weighted by molar-refractivity contribution is 0.240. The van der Waals surface area contributed by atoms with Crippen LogP contribution in [-0.2, 0) is 6.54 Å². The van der Waals surface area contributed by atoms with Crippen molar-refractivity contribution in [1.29, 1.82) is 0 Å². The number of aryl methyl sites for hydroxylation is 1. The predicted octanol–water partition coefficient (Wildman–Crippen LogP) is 2.20. The van der Waals surface area contributed by atoms with Crippen molar-refractivity contribution in [2.75, 3.05) is 6.54 Å². The molecule has 3 heteroatoms. The normalized spacial score (nSPS) is 14.6. The second-order valence-corrected chi connectivity index (χ2v) is 4.43. The zero-order valence-corrected chi connectivity index (χ0v) is 9.62. The highest BCUT2D eigenvalue weighted by Crippen LogP contribution is 2.27. The fraction of sp³-hybridized carbons (Fsp3) is 0.462. The fourth-order valence-electron chi connectivity index (χ4n) is 1.61. The largest absolute Gasteiger partial charge is 0.338 e. The van der Waals surface area contributed by atoms with Crippen LogP contribution in [0.25, 0.3) is 0 Å². The maximum Gasteiger partial charge on any atom is 0.315 e. The minimum atomic E-state index is -0.0600. The lowest BCUT2D eigenvalue weighted by atomic mass is 10.1. The Morgan fingerprint density at radius 2 is 2.06 bits per heavy atom. The monoisotopic (exact) mass is 218 g/mol. The second kappa shape index (κ2) is 5.01. The topological polar surface area (TPSA) is 41.1 Å². The van der Waals surface area contributed by atoms with Crippen molar-refractivity contribution in [3.05, 3.63) is 35.4 Å². The van der Waals surface area contributed by atoms with E-state index in [1.165, 1.54) is 24.0 Å². The fourth-order valence-corrected chi connectivity index (χ4v) is 1.61. The Hall–Kier alpha value is -1.51. The second-order valence-electron chi connectivity index (χ2n) is 4.43. The van der Waals surface area contributed by atoms with Crippen LogP contribution < -0.4 is 10.6 Å². The van der Waals surface area contributed by atoms with E-state index in [1.807, 2.05) is 18.2 Å². The van der Waals surface area contributed by atoms with Gasteiger partial charge in [0, 0.05) is 13.1 Å². The molecule has 1 aromatic carbocycles. The average Bonchev–Trinajstić information content (AvgIpc) is 3.09. The minimum Gasteiger partial charge on any atom is -0.338 e. The number of nitrogens with one attached hydrogen (secondary N) is 2. The van der Waals surface area contributed by atoms with Crippen molar-refractivity contribution >= 4 is 6.03 Å². The molecule has 0 aliphatic heterocycles. The Morgan fingerprint density at radius 3 is 2.75 bits per heavy atom. The lowest BCUT2D eigenvalue weighted by Gasteiger charge is -2.08. The van der Waals surface area contributed by atoms with Crippen LogP contribution in [0.2, 0.25) is 0 Å². The summed E-state index contributed by atoms with van der Waals surface area (Å²) in [7, 11) is 0. The maximum atomic E-state index is 11.4. The zero-order valence-electron chi connectivity index (χ0n) is 9.62. The Labute approximate surface area is 96.2 Å². The smallest absolute Gasteiger partial charge is 0.315 e. The molecule has 0 atom stereocenters. The first-order valence-electron chi connectivity index (χ1n) is 5.82. The van der Waals surface area contributed by atoms with Gasteiger partial charge >= 0.3 is 6.03 Å². The standard InChI is InChI=1S/C13H18N2O/c1-10-4-2-3-5-12(10)9-15-13(16)14-8-11-6-7-11/h2-5,11H,6-9H2,1H3,(H2,14,15,16). The Balaban J connectivity index is 1.73. The van der Waals surface area contributed by atoms with Crippen LogP contribution in [0.15, 0.2) is 24.3 Å². The highest BCUT2D eigenvalue weighted by molar-refractivity contribution is 5.73. The van der Waals surface area contributed by atoms with Gasteiger partial charge in [-0.25, -0.2) is 4.79 Å². The molecule has 1 fully saturated rings. The minimum absolute atomic E-state index is 0.0600. The molecule has 0 heterocycles. The third kappa shape index (κ3) is 3.26. The number of urea groups is 1. The van der Waals surface area contributed by atoms with E-state index in [0.717, 1.165) is 12.5 Å². The summed E-state index contributed by atoms with van der Waals surface area (Å²) in [6, 6.07) is 8.03. The van der Waals surface area contributed by atoms with Crippen molar-refractivity contribution in [2.45, 2.75) is 26.3 Å². The van der Waals surface area contributed by atoms with Gasteiger partial charge in [-0.3, -0.25) is 0 Å². The van der Waals surface area contributed by atoms with Crippen molar-refractivity contribution in [3.63, 3.8) is 0 Å². The molecular weight excluding hydrogens is 200 g/mol. The average molecular weight is 218 g/mol. The van der Waals surface area contributed by atoms with Crippen LogP contribution in [-0.4, -0.2) is 12.6 Å². The summed E-state index contributed by atoms with van der Waals surface area (Å²) in [5, 5.41) is 5.76. The van der Waals surface area contributed by atoms with Gasteiger partial charge in [-0.05, 0) is 36.8 Å². The van der Waals surface area contributed by atoms with E-state index in [-0.39, 0.29) is 6.03 Å². The Bertz CT molecular complexity index is 372. The van der Waals surface area contributed by atoms with Gasteiger partial charge in [0.05, 0.1) is 0 Å². The molecular formula is C13H18N2O. The molecule has 3 nitrogen and oxygen atoms in total. The van der Waals surface area contributed by atoms with Gasteiger partial charge in [0.2, 0.25) is 0 Å². The quantitative estimate of drug-likeness (QED) is 0.799. The van der Waals surface area contributed by atoms with Gasteiger partial charge < -0.3 is 10.6 Å². The molecule has 1 aromatic rings. The van der Waals surface area contributed by atoms with Crippen molar-refractivity contribution in [1.82, 2.24) is 10.6 Å². The van der Waals surface area contributed by atoms with Crippen molar-refractivity contribution < 1.29 is 4.79 Å². The molecule has 0 aromatic heterocycles. The number of hydrogen-bond acceptors (Lipinski definition) is 1. The van der Waals surface area contributed by atoms with Crippen LogP contribution in [0.3, 0.4) is 0 Å². The molecule has 16 heavy (non-hydrogen) atoms. The van der Waals surface area contributed by atoms with E-state index in [0.29, 0.717) is 6.54 Å². The van der Waals surface area contributed by atoms with Gasteiger partial charge in [-0.15, -0.1) is 0 Å². The molecule has 86 valence electrons. The van der Waals surface area contributed by atoms with Gasteiger partial charge in [-0.1, -0.05) is 24.3 Å². The first-order chi connectivity index (χ1) is 7.75. The third-order valence-corrected chi connectivity index (χ3v) is 2.95. The molecule has 1 aliphatic rings. The number of benzene rings is 1. The summed E-state index contributed by atoms with van der Waals surface area (Å²) in [4.78, 5) is 11.4. The van der Waals surface area contributed by atoms with Gasteiger partial charge in [-0.2, -0.15) is 0 Å². The maximum absolute atomic E-state index is 11.4. The lowest BCUT2D eigenvalue weighted by Crippen LogP contribution is -2.36. The van der Waals surface area contributed by atoms with E-state index >= 15 is 0 Å². The molecule has 0 spiro atoms. The first kappa shape index (κ1) is 11.0. The molecule has 0 bridgehead atoms. The summed E-state index contributed by atoms with van der Waals surface area (Å²) in [6.45, 7) is 3.47. The summed E-state index contributed by atoms with van der Waals surface area (Å²) in [5.74, 6) is 0.726. The SMILES string of the molecule is Cc1ccccc1CNC(=O)NCC1CC1. The predicted molar refractivity (Wildman–Crippen MR) is 64.1 cm³/mol. The third-order valence-electron chi connectivity index (χ3n) is 2.95. The molecule has 1 aliphatic carbocycles. The summed E-state index contributed by atoms with van der Waals surface area (Å²) in [5.41, 5.74) is 2.38. The highest BCUT2D eigenvalue weighted by Gasteiger charge is 2.21. The van der Waals surface area contributed by atoms with Gasteiger partial charge in [0.25, 0.3) is 0 Å². The van der Waals surface area contributed by atoms with Crippen LogP contribution >= 0.6 is 0 Å². The van der Waals surface area contributed by atoms with E-state index in [1.54, 1.807) is 0 Å². The molecule has 2 rings (SSSR count). The highest BCUT2D eigenvalue weighted by atomic mass is 16.2. The number of hydrogen-bond donors (Lipinski definition) is 2. The molecule has 2 amide bonds. The number of rotatable bonds is 4. The Kier molecular flexibility index (Phi) is 3.44. The zero-order chi connectivity index (χ0) is 11.4. The first-order valence-corrected chi connectivity index (χ1v) is 5.82. The van der Waals surface area contributed by atoms with Crippen molar-refractivity contribution in [3.8, 4) is 0 Å². The number of carbonyl (C=O) groups is 1. The number of amides is 2. The Morgan fingerprint density at radius 1 is 1.31 bits per heavy atom. The molecule has 1 saturated carbocycles. The molecule has 0 radical (unpaired) electrons. The van der Waals surface area contributed by atoms with Gasteiger partial charge in [0.1, 0.15) is 0 Å². The molecule has 2 N–H and O–H groups in total. The van der Waals surface area contributed by atoms with E-state index in [2.05, 4.69) is 23.6 Å².